The van der Waals surface area contributed by atoms with E-state index >= 15 is 0 Å². The highest BCUT2D eigenvalue weighted by Crippen LogP contribution is 1.97. The van der Waals surface area contributed by atoms with Crippen LogP contribution in [0.25, 0.3) is 5.65 Å². The number of aromatic nitrogens is 3. The lowest BCUT2D eigenvalue weighted by Gasteiger charge is -2.11. The summed E-state index contributed by atoms with van der Waals surface area (Å²) in [5.74, 6) is 0. The van der Waals surface area contributed by atoms with E-state index in [2.05, 4.69) is 17.3 Å². The number of fused-ring (bicyclic) bond motifs is 1. The van der Waals surface area contributed by atoms with Crippen molar-refractivity contribution in [3.63, 3.8) is 0 Å². The maximum atomic E-state index is 11.9. The van der Waals surface area contributed by atoms with Gasteiger partial charge < -0.3 is 5.32 Å². The molecule has 1 atom stereocenters. The smallest absolute Gasteiger partial charge is 0.315 e. The Morgan fingerprint density at radius 2 is 2.31 bits per heavy atom. The molecule has 0 spiro atoms. The van der Waals surface area contributed by atoms with E-state index < -0.39 is 0 Å². The van der Waals surface area contributed by atoms with Crippen LogP contribution in [0.15, 0.2) is 29.2 Å². The number of pyridine rings is 1. The van der Waals surface area contributed by atoms with Gasteiger partial charge in [0.05, 0.1) is 6.54 Å². The number of hydrogen-bond donors (Lipinski definition) is 1. The molecule has 2 rings (SSSR count). The third kappa shape index (κ3) is 1.86. The van der Waals surface area contributed by atoms with Gasteiger partial charge in [-0.1, -0.05) is 13.0 Å². The number of nitrogens with one attached hydrogen (secondary N) is 1. The average Bonchev–Trinajstić information content (AvgIpc) is 2.64. The first kappa shape index (κ1) is 10.9. The standard InChI is InChI=1S/C11H16N4O/c1-3-9(12-2)8-15-11(16)14-7-5-4-6-10(14)13-15/h4-7,9,12H,3,8H2,1-2H3. The predicted octanol–water partition coefficient (Wildman–Crippen LogP) is 0.494. The van der Waals surface area contributed by atoms with E-state index in [4.69, 9.17) is 0 Å². The molecule has 0 aliphatic heterocycles. The molecular formula is C11H16N4O. The SMILES string of the molecule is CCC(Cn1nc2ccccn2c1=O)NC. The van der Waals surface area contributed by atoms with Gasteiger partial charge >= 0.3 is 5.69 Å². The quantitative estimate of drug-likeness (QED) is 0.816. The summed E-state index contributed by atoms with van der Waals surface area (Å²) < 4.78 is 3.07. The van der Waals surface area contributed by atoms with Gasteiger partial charge in [0.1, 0.15) is 0 Å². The van der Waals surface area contributed by atoms with Crippen LogP contribution >= 0.6 is 0 Å². The van der Waals surface area contributed by atoms with Crippen LogP contribution in [-0.4, -0.2) is 27.3 Å². The highest BCUT2D eigenvalue weighted by Gasteiger charge is 2.10. The number of nitrogens with zero attached hydrogens (tertiary/aromatic N) is 3. The molecule has 16 heavy (non-hydrogen) atoms. The van der Waals surface area contributed by atoms with Crippen molar-refractivity contribution in [2.75, 3.05) is 7.05 Å². The van der Waals surface area contributed by atoms with E-state index in [9.17, 15) is 4.79 Å². The summed E-state index contributed by atoms with van der Waals surface area (Å²) in [4.78, 5) is 11.9. The van der Waals surface area contributed by atoms with Crippen molar-refractivity contribution in [2.24, 2.45) is 0 Å². The summed E-state index contributed by atoms with van der Waals surface area (Å²) in [6, 6.07) is 5.82. The van der Waals surface area contributed by atoms with E-state index in [1.807, 2.05) is 25.2 Å². The van der Waals surface area contributed by atoms with Crippen LogP contribution in [0.4, 0.5) is 0 Å². The zero-order valence-corrected chi connectivity index (χ0v) is 9.55. The lowest BCUT2D eigenvalue weighted by Crippen LogP contribution is -2.34. The van der Waals surface area contributed by atoms with E-state index in [0.29, 0.717) is 12.2 Å². The van der Waals surface area contributed by atoms with Crippen LogP contribution in [0, 0.1) is 0 Å². The van der Waals surface area contributed by atoms with Crippen LogP contribution in [0.2, 0.25) is 0 Å². The van der Waals surface area contributed by atoms with Gasteiger partial charge in [0, 0.05) is 12.2 Å². The monoisotopic (exact) mass is 220 g/mol. The van der Waals surface area contributed by atoms with Crippen molar-refractivity contribution in [2.45, 2.75) is 25.9 Å². The van der Waals surface area contributed by atoms with Crippen molar-refractivity contribution in [3.8, 4) is 0 Å². The van der Waals surface area contributed by atoms with Crippen LogP contribution in [0.1, 0.15) is 13.3 Å². The van der Waals surface area contributed by atoms with Gasteiger partial charge in [0.15, 0.2) is 5.65 Å². The lowest BCUT2D eigenvalue weighted by molar-refractivity contribution is 0.435. The zero-order chi connectivity index (χ0) is 11.5. The molecule has 0 fully saturated rings. The van der Waals surface area contributed by atoms with Gasteiger partial charge in [-0.25, -0.2) is 9.48 Å². The first-order valence-corrected chi connectivity index (χ1v) is 5.47. The van der Waals surface area contributed by atoms with E-state index in [1.54, 1.807) is 10.6 Å². The Hall–Kier alpha value is -1.62. The number of likely N-dealkylation sites (N-methyl/N-ethyl adjacent to an activating group) is 1. The molecule has 2 heterocycles. The molecule has 0 bridgehead atoms. The minimum Gasteiger partial charge on any atom is -0.315 e. The van der Waals surface area contributed by atoms with Gasteiger partial charge in [-0.2, -0.15) is 0 Å². The molecule has 1 N–H and O–H groups in total. The highest BCUT2D eigenvalue weighted by atomic mass is 16.2. The van der Waals surface area contributed by atoms with Crippen molar-refractivity contribution in [1.82, 2.24) is 19.5 Å². The fourth-order valence-corrected chi connectivity index (χ4v) is 1.72. The Morgan fingerprint density at radius 1 is 1.50 bits per heavy atom. The molecule has 0 saturated carbocycles. The van der Waals surface area contributed by atoms with Crippen LogP contribution in [0.5, 0.6) is 0 Å². The van der Waals surface area contributed by atoms with Gasteiger partial charge in [-0.05, 0) is 25.6 Å². The summed E-state index contributed by atoms with van der Waals surface area (Å²) in [7, 11) is 1.90. The second-order valence-electron chi connectivity index (χ2n) is 3.79. The minimum absolute atomic E-state index is 0.0794. The molecule has 0 radical (unpaired) electrons. The largest absolute Gasteiger partial charge is 0.350 e. The van der Waals surface area contributed by atoms with E-state index in [1.165, 1.54) is 4.68 Å². The Labute approximate surface area is 93.7 Å². The maximum Gasteiger partial charge on any atom is 0.350 e. The lowest BCUT2D eigenvalue weighted by atomic mass is 10.2. The predicted molar refractivity (Wildman–Crippen MR) is 62.6 cm³/mol. The molecule has 0 aliphatic rings. The second kappa shape index (κ2) is 4.49. The normalized spacial score (nSPS) is 13.1. The molecule has 1 unspecified atom stereocenters. The molecule has 0 aliphatic carbocycles. The maximum absolute atomic E-state index is 11.9. The number of hydrogen-bond acceptors (Lipinski definition) is 3. The van der Waals surface area contributed by atoms with Crippen molar-refractivity contribution in [1.29, 1.82) is 0 Å². The summed E-state index contributed by atoms with van der Waals surface area (Å²) in [5.41, 5.74) is 0.614. The Morgan fingerprint density at radius 3 is 2.94 bits per heavy atom. The van der Waals surface area contributed by atoms with Crippen LogP contribution < -0.4 is 11.0 Å². The van der Waals surface area contributed by atoms with E-state index in [-0.39, 0.29) is 11.7 Å². The molecule has 5 nitrogen and oxygen atoms in total. The number of rotatable bonds is 4. The zero-order valence-electron chi connectivity index (χ0n) is 9.55. The van der Waals surface area contributed by atoms with E-state index in [0.717, 1.165) is 6.42 Å². The molecule has 2 aromatic heterocycles. The molecule has 2 aromatic rings. The van der Waals surface area contributed by atoms with Crippen molar-refractivity contribution >= 4 is 5.65 Å². The molecule has 86 valence electrons. The third-order valence-electron chi connectivity index (χ3n) is 2.78. The Kier molecular flexibility index (Phi) is 3.05. The fourth-order valence-electron chi connectivity index (χ4n) is 1.72. The van der Waals surface area contributed by atoms with Crippen molar-refractivity contribution in [3.05, 3.63) is 34.9 Å². The van der Waals surface area contributed by atoms with Gasteiger partial charge in [0.2, 0.25) is 0 Å². The van der Waals surface area contributed by atoms with Crippen LogP contribution in [-0.2, 0) is 6.54 Å². The highest BCUT2D eigenvalue weighted by molar-refractivity contribution is 5.35. The average molecular weight is 220 g/mol. The van der Waals surface area contributed by atoms with Crippen molar-refractivity contribution < 1.29 is 0 Å². The molecule has 0 amide bonds. The Balaban J connectivity index is 2.38. The third-order valence-corrected chi connectivity index (χ3v) is 2.78. The Bertz CT molecular complexity index is 524. The summed E-state index contributed by atoms with van der Waals surface area (Å²) in [6.45, 7) is 2.69. The summed E-state index contributed by atoms with van der Waals surface area (Å²) in [5, 5.41) is 7.44. The van der Waals surface area contributed by atoms with Crippen LogP contribution in [0.3, 0.4) is 0 Å². The van der Waals surface area contributed by atoms with Gasteiger partial charge in [0.25, 0.3) is 0 Å². The molecular weight excluding hydrogens is 204 g/mol. The minimum atomic E-state index is -0.0794. The first-order valence-electron chi connectivity index (χ1n) is 5.47. The fraction of sp³-hybridized carbons (Fsp3) is 0.455. The summed E-state index contributed by atoms with van der Waals surface area (Å²) >= 11 is 0. The topological polar surface area (TPSA) is 51.3 Å². The molecule has 5 heteroatoms. The van der Waals surface area contributed by atoms with Gasteiger partial charge in [-0.3, -0.25) is 4.40 Å². The second-order valence-corrected chi connectivity index (χ2v) is 3.79. The summed E-state index contributed by atoms with van der Waals surface area (Å²) in [6.07, 6.45) is 2.71. The van der Waals surface area contributed by atoms with Gasteiger partial charge in [-0.15, -0.1) is 5.10 Å². The first-order chi connectivity index (χ1) is 7.76. The molecule has 0 saturated heterocycles. The molecule has 0 aromatic carbocycles.